The summed E-state index contributed by atoms with van der Waals surface area (Å²) in [5.41, 5.74) is 1.02. The van der Waals surface area contributed by atoms with Crippen molar-refractivity contribution in [1.29, 1.82) is 0 Å². The molecule has 1 aliphatic rings. The minimum Gasteiger partial charge on any atom is -0.382 e. The van der Waals surface area contributed by atoms with Crippen molar-refractivity contribution in [3.05, 3.63) is 24.3 Å². The average Bonchev–Trinajstić information content (AvgIpc) is 2.87. The Morgan fingerprint density at radius 3 is 2.50 bits per heavy atom. The molecule has 0 spiro atoms. The molecule has 0 saturated heterocycles. The van der Waals surface area contributed by atoms with Crippen LogP contribution in [0.15, 0.2) is 29.2 Å². The molecular formula is C15H23NO2S2. The Hall–Kier alpha value is -0.680. The number of nitrogens with one attached hydrogen (secondary N) is 1. The average molecular weight is 313 g/mol. The molecule has 0 radical (unpaired) electrons. The summed E-state index contributed by atoms with van der Waals surface area (Å²) in [4.78, 5) is 0.429. The van der Waals surface area contributed by atoms with Crippen LogP contribution in [0.1, 0.15) is 32.6 Å². The maximum absolute atomic E-state index is 11.9. The van der Waals surface area contributed by atoms with Gasteiger partial charge in [0.25, 0.3) is 0 Å². The lowest BCUT2D eigenvalue weighted by Gasteiger charge is -2.14. The maximum atomic E-state index is 11.9. The highest BCUT2D eigenvalue weighted by Crippen LogP contribution is 2.30. The highest BCUT2D eigenvalue weighted by molar-refractivity contribution is 7.99. The third-order valence-corrected chi connectivity index (χ3v) is 6.81. The second kappa shape index (κ2) is 6.85. The molecule has 2 rings (SSSR count). The molecular weight excluding hydrogens is 290 g/mol. The van der Waals surface area contributed by atoms with Gasteiger partial charge in [0.05, 0.1) is 10.6 Å². The molecule has 0 aliphatic heterocycles. The van der Waals surface area contributed by atoms with E-state index >= 15 is 0 Å². The Bertz CT molecular complexity index is 525. The fourth-order valence-electron chi connectivity index (χ4n) is 2.67. The SMILES string of the molecule is CCCS(=O)(=O)c1ccc(NC2CCC(SC)C2)cc1. The normalized spacial score (nSPS) is 22.9. The third kappa shape index (κ3) is 3.92. The molecule has 0 aromatic heterocycles. The summed E-state index contributed by atoms with van der Waals surface area (Å²) in [6, 6.07) is 7.72. The van der Waals surface area contributed by atoms with Gasteiger partial charge in [-0.3, -0.25) is 0 Å². The van der Waals surface area contributed by atoms with Crippen LogP contribution in [0.2, 0.25) is 0 Å². The molecule has 1 saturated carbocycles. The van der Waals surface area contributed by atoms with Gasteiger partial charge < -0.3 is 5.32 Å². The van der Waals surface area contributed by atoms with Crippen LogP contribution >= 0.6 is 11.8 Å². The van der Waals surface area contributed by atoms with Crippen molar-refractivity contribution in [2.45, 2.75) is 48.8 Å². The van der Waals surface area contributed by atoms with E-state index in [1.165, 1.54) is 19.3 Å². The van der Waals surface area contributed by atoms with E-state index in [0.717, 1.165) is 10.9 Å². The van der Waals surface area contributed by atoms with Crippen LogP contribution < -0.4 is 5.32 Å². The molecule has 3 nitrogen and oxygen atoms in total. The molecule has 1 aromatic rings. The molecule has 112 valence electrons. The van der Waals surface area contributed by atoms with E-state index in [9.17, 15) is 8.42 Å². The summed E-state index contributed by atoms with van der Waals surface area (Å²) in [5.74, 6) is 0.220. The van der Waals surface area contributed by atoms with Crippen LogP contribution in [-0.4, -0.2) is 31.7 Å². The lowest BCUT2D eigenvalue weighted by Crippen LogP contribution is -2.16. The molecule has 0 heterocycles. The quantitative estimate of drug-likeness (QED) is 0.872. The number of anilines is 1. The fraction of sp³-hybridized carbons (Fsp3) is 0.600. The minimum atomic E-state index is -3.10. The zero-order chi connectivity index (χ0) is 14.6. The van der Waals surface area contributed by atoms with Crippen LogP contribution in [0.5, 0.6) is 0 Å². The van der Waals surface area contributed by atoms with Gasteiger partial charge in [0.1, 0.15) is 0 Å². The fourth-order valence-corrected chi connectivity index (χ4v) is 4.79. The highest BCUT2D eigenvalue weighted by Gasteiger charge is 2.23. The summed E-state index contributed by atoms with van der Waals surface area (Å²) in [6.07, 6.45) is 6.47. The number of hydrogen-bond donors (Lipinski definition) is 1. The minimum absolute atomic E-state index is 0.220. The van der Waals surface area contributed by atoms with E-state index in [0.29, 0.717) is 17.4 Å². The van der Waals surface area contributed by atoms with Crippen LogP contribution in [0.25, 0.3) is 0 Å². The van der Waals surface area contributed by atoms with E-state index in [1.54, 1.807) is 12.1 Å². The topological polar surface area (TPSA) is 46.2 Å². The van der Waals surface area contributed by atoms with Crippen LogP contribution in [0, 0.1) is 0 Å². The van der Waals surface area contributed by atoms with Gasteiger partial charge in [0.15, 0.2) is 9.84 Å². The lowest BCUT2D eigenvalue weighted by molar-refractivity contribution is 0.594. The van der Waals surface area contributed by atoms with E-state index in [-0.39, 0.29) is 5.75 Å². The molecule has 1 fully saturated rings. The maximum Gasteiger partial charge on any atom is 0.178 e. The van der Waals surface area contributed by atoms with E-state index in [1.807, 2.05) is 30.8 Å². The third-order valence-electron chi connectivity index (χ3n) is 3.77. The van der Waals surface area contributed by atoms with Crippen molar-refractivity contribution in [2.75, 3.05) is 17.3 Å². The van der Waals surface area contributed by atoms with Gasteiger partial charge in [-0.25, -0.2) is 8.42 Å². The predicted molar refractivity (Wildman–Crippen MR) is 87.4 cm³/mol. The Labute approximate surface area is 126 Å². The van der Waals surface area contributed by atoms with Crippen molar-refractivity contribution >= 4 is 27.3 Å². The van der Waals surface area contributed by atoms with E-state index in [4.69, 9.17) is 0 Å². The number of hydrogen-bond acceptors (Lipinski definition) is 4. The molecule has 20 heavy (non-hydrogen) atoms. The second-order valence-corrected chi connectivity index (χ2v) is 8.60. The van der Waals surface area contributed by atoms with E-state index in [2.05, 4.69) is 11.6 Å². The molecule has 1 aliphatic carbocycles. The first-order chi connectivity index (χ1) is 9.55. The summed E-state index contributed by atoms with van der Waals surface area (Å²) in [6.45, 7) is 1.88. The zero-order valence-electron chi connectivity index (χ0n) is 12.1. The summed E-state index contributed by atoms with van der Waals surface area (Å²) in [5, 5.41) is 4.27. The largest absolute Gasteiger partial charge is 0.382 e. The smallest absolute Gasteiger partial charge is 0.178 e. The molecule has 2 unspecified atom stereocenters. The molecule has 1 N–H and O–H groups in total. The van der Waals surface area contributed by atoms with Gasteiger partial charge in [0, 0.05) is 17.0 Å². The van der Waals surface area contributed by atoms with Gasteiger partial charge in [-0.2, -0.15) is 11.8 Å². The van der Waals surface area contributed by atoms with Crippen LogP contribution in [0.3, 0.4) is 0 Å². The van der Waals surface area contributed by atoms with Gasteiger partial charge in [-0.05, 0) is 56.2 Å². The molecule has 0 bridgehead atoms. The molecule has 2 atom stereocenters. The summed E-state index contributed by atoms with van der Waals surface area (Å²) >= 11 is 1.94. The first-order valence-corrected chi connectivity index (χ1v) is 10.1. The van der Waals surface area contributed by atoms with Crippen LogP contribution in [0.4, 0.5) is 5.69 Å². The monoisotopic (exact) mass is 313 g/mol. The van der Waals surface area contributed by atoms with Gasteiger partial charge in [0.2, 0.25) is 0 Å². The predicted octanol–water partition coefficient (Wildman–Crippen LogP) is 3.57. The number of rotatable bonds is 6. The summed E-state index contributed by atoms with van der Waals surface area (Å²) in [7, 11) is -3.10. The van der Waals surface area contributed by atoms with Gasteiger partial charge in [-0.1, -0.05) is 6.92 Å². The molecule has 0 amide bonds. The second-order valence-electron chi connectivity index (χ2n) is 5.36. The standard InChI is InChI=1S/C15H23NO2S2/c1-3-10-20(17,18)15-8-5-12(6-9-15)16-13-4-7-14(11-13)19-2/h5-6,8-9,13-14,16H,3-4,7,10-11H2,1-2H3. The van der Waals surface area contributed by atoms with Gasteiger partial charge >= 0.3 is 0 Å². The molecule has 5 heteroatoms. The highest BCUT2D eigenvalue weighted by atomic mass is 32.2. The zero-order valence-corrected chi connectivity index (χ0v) is 13.8. The van der Waals surface area contributed by atoms with Crippen LogP contribution in [-0.2, 0) is 9.84 Å². The van der Waals surface area contributed by atoms with Crippen molar-refractivity contribution in [1.82, 2.24) is 0 Å². The van der Waals surface area contributed by atoms with Crippen molar-refractivity contribution in [2.24, 2.45) is 0 Å². The lowest BCUT2D eigenvalue weighted by atomic mass is 10.2. The molecule has 1 aromatic carbocycles. The summed E-state index contributed by atoms with van der Waals surface area (Å²) < 4.78 is 23.9. The number of sulfone groups is 1. The Morgan fingerprint density at radius 1 is 1.25 bits per heavy atom. The Morgan fingerprint density at radius 2 is 1.95 bits per heavy atom. The van der Waals surface area contributed by atoms with Crippen molar-refractivity contribution in [3.63, 3.8) is 0 Å². The van der Waals surface area contributed by atoms with E-state index < -0.39 is 9.84 Å². The van der Waals surface area contributed by atoms with Crippen molar-refractivity contribution in [3.8, 4) is 0 Å². The first-order valence-electron chi connectivity index (χ1n) is 7.17. The number of thioether (sulfide) groups is 1. The Kier molecular flexibility index (Phi) is 5.38. The number of benzene rings is 1. The Balaban J connectivity index is 1.99. The van der Waals surface area contributed by atoms with Gasteiger partial charge in [-0.15, -0.1) is 0 Å². The van der Waals surface area contributed by atoms with Crippen molar-refractivity contribution < 1.29 is 8.42 Å². The first kappa shape index (κ1) is 15.7.